The Morgan fingerprint density at radius 1 is 1.32 bits per heavy atom. The molecule has 0 aliphatic heterocycles. The van der Waals surface area contributed by atoms with Crippen LogP contribution in [0.3, 0.4) is 0 Å². The van der Waals surface area contributed by atoms with Crippen molar-refractivity contribution in [3.63, 3.8) is 0 Å². The average molecular weight is 329 g/mol. The van der Waals surface area contributed by atoms with Crippen molar-refractivity contribution in [3.8, 4) is 5.75 Å². The van der Waals surface area contributed by atoms with E-state index in [9.17, 15) is 4.79 Å². The van der Waals surface area contributed by atoms with Gasteiger partial charge in [0.15, 0.2) is 0 Å². The summed E-state index contributed by atoms with van der Waals surface area (Å²) < 4.78 is 6.79. The number of hydrogen-bond donors (Lipinski definition) is 1. The number of carboxylic acids is 1. The van der Waals surface area contributed by atoms with E-state index in [4.69, 9.17) is 9.84 Å². The van der Waals surface area contributed by atoms with Gasteiger partial charge >= 0.3 is 5.97 Å². The van der Waals surface area contributed by atoms with Crippen molar-refractivity contribution < 1.29 is 14.6 Å². The molecular weight excluding hydrogens is 308 g/mol. The normalized spacial score (nSPS) is 11.4. The molecule has 0 atom stereocenters. The maximum Gasteiger partial charge on any atom is 0.309 e. The van der Waals surface area contributed by atoms with E-state index in [0.29, 0.717) is 13.0 Å². The average Bonchev–Trinajstić information content (AvgIpc) is 2.31. The van der Waals surface area contributed by atoms with E-state index in [-0.39, 0.29) is 0 Å². The molecule has 0 saturated carbocycles. The number of aliphatic carboxylic acids is 1. The lowest BCUT2D eigenvalue weighted by Gasteiger charge is -2.18. The summed E-state index contributed by atoms with van der Waals surface area (Å²) in [7, 11) is 0. The molecule has 1 N–H and O–H groups in total. The topological polar surface area (TPSA) is 46.5 Å². The third-order valence-electron chi connectivity index (χ3n) is 3.20. The van der Waals surface area contributed by atoms with Crippen molar-refractivity contribution >= 4 is 21.9 Å². The lowest BCUT2D eigenvalue weighted by atomic mass is 9.88. The highest BCUT2D eigenvalue weighted by atomic mass is 79.9. The monoisotopic (exact) mass is 328 g/mol. The number of aryl methyl sites for hydroxylation is 2. The summed E-state index contributed by atoms with van der Waals surface area (Å²) in [6.45, 7) is 8.07. The second-order valence-electron chi connectivity index (χ2n) is 5.51. The van der Waals surface area contributed by atoms with E-state index in [0.717, 1.165) is 27.8 Å². The molecule has 0 bridgehead atoms. The van der Waals surface area contributed by atoms with Crippen LogP contribution in [-0.2, 0) is 4.79 Å². The quantitative estimate of drug-likeness (QED) is 0.790. The highest BCUT2D eigenvalue weighted by Crippen LogP contribution is 2.27. The molecule has 0 unspecified atom stereocenters. The molecule has 3 nitrogen and oxygen atoms in total. The zero-order valence-electron chi connectivity index (χ0n) is 11.9. The fourth-order valence-electron chi connectivity index (χ4n) is 1.80. The first-order chi connectivity index (χ1) is 8.74. The van der Waals surface area contributed by atoms with E-state index in [1.54, 1.807) is 13.8 Å². The standard InChI is InChI=1S/C15H21BrO3/c1-10-8-12(9-11(2)13(10)16)19-7-5-6-15(3,4)14(17)18/h8-9H,5-7H2,1-4H3,(H,17,18). The molecule has 1 aromatic carbocycles. The molecule has 0 saturated heterocycles. The molecule has 1 aromatic rings. The molecule has 4 heteroatoms. The zero-order valence-corrected chi connectivity index (χ0v) is 13.5. The van der Waals surface area contributed by atoms with Gasteiger partial charge in [0.25, 0.3) is 0 Å². The summed E-state index contributed by atoms with van der Waals surface area (Å²) in [4.78, 5) is 11.0. The number of carboxylic acid groups (broad SMARTS) is 1. The Morgan fingerprint density at radius 3 is 2.32 bits per heavy atom. The van der Waals surface area contributed by atoms with Gasteiger partial charge in [-0.05, 0) is 63.8 Å². The van der Waals surface area contributed by atoms with Crippen molar-refractivity contribution in [2.75, 3.05) is 6.61 Å². The maximum absolute atomic E-state index is 11.0. The largest absolute Gasteiger partial charge is 0.494 e. The van der Waals surface area contributed by atoms with Gasteiger partial charge in [0, 0.05) is 4.47 Å². The van der Waals surface area contributed by atoms with Crippen molar-refractivity contribution in [1.82, 2.24) is 0 Å². The van der Waals surface area contributed by atoms with Gasteiger partial charge < -0.3 is 9.84 Å². The molecule has 0 aromatic heterocycles. The second-order valence-corrected chi connectivity index (χ2v) is 6.31. The Labute approximate surface area is 123 Å². The van der Waals surface area contributed by atoms with Crippen LogP contribution in [0, 0.1) is 19.3 Å². The summed E-state index contributed by atoms with van der Waals surface area (Å²) in [6.07, 6.45) is 1.34. The molecule has 0 heterocycles. The molecule has 0 radical (unpaired) electrons. The van der Waals surface area contributed by atoms with Crippen LogP contribution in [0.25, 0.3) is 0 Å². The number of halogens is 1. The Hall–Kier alpha value is -1.03. The van der Waals surface area contributed by atoms with E-state index < -0.39 is 11.4 Å². The van der Waals surface area contributed by atoms with Crippen LogP contribution in [-0.4, -0.2) is 17.7 Å². The third-order valence-corrected chi connectivity index (χ3v) is 4.45. The first-order valence-corrected chi connectivity index (χ1v) is 7.16. The molecular formula is C15H21BrO3. The molecule has 0 aliphatic carbocycles. The Bertz CT molecular complexity index is 443. The minimum Gasteiger partial charge on any atom is -0.494 e. The molecule has 0 fully saturated rings. The van der Waals surface area contributed by atoms with Crippen LogP contribution in [0.4, 0.5) is 0 Å². The molecule has 106 valence electrons. The molecule has 1 rings (SSSR count). The first kappa shape index (κ1) is 16.0. The van der Waals surface area contributed by atoms with Gasteiger partial charge in [-0.3, -0.25) is 4.79 Å². The van der Waals surface area contributed by atoms with Gasteiger partial charge in [0.05, 0.1) is 12.0 Å². The fourth-order valence-corrected chi connectivity index (χ4v) is 2.03. The first-order valence-electron chi connectivity index (χ1n) is 6.37. The van der Waals surface area contributed by atoms with E-state index in [1.807, 2.05) is 26.0 Å². The zero-order chi connectivity index (χ0) is 14.6. The van der Waals surface area contributed by atoms with Crippen LogP contribution in [0.1, 0.15) is 37.8 Å². The lowest BCUT2D eigenvalue weighted by molar-refractivity contribution is -0.147. The van der Waals surface area contributed by atoms with Crippen LogP contribution in [0.5, 0.6) is 5.75 Å². The highest BCUT2D eigenvalue weighted by molar-refractivity contribution is 9.10. The minimum absolute atomic E-state index is 0.539. The predicted octanol–water partition coefficient (Wildman–Crippen LogP) is 4.34. The Kier molecular flexibility index (Phi) is 5.41. The highest BCUT2D eigenvalue weighted by Gasteiger charge is 2.26. The number of ether oxygens (including phenoxy) is 1. The summed E-state index contributed by atoms with van der Waals surface area (Å²) in [5.41, 5.74) is 1.59. The number of benzene rings is 1. The number of carbonyl (C=O) groups is 1. The van der Waals surface area contributed by atoms with Crippen molar-refractivity contribution in [2.24, 2.45) is 5.41 Å². The van der Waals surface area contributed by atoms with Crippen molar-refractivity contribution in [1.29, 1.82) is 0 Å². The smallest absolute Gasteiger partial charge is 0.309 e. The van der Waals surface area contributed by atoms with E-state index in [2.05, 4.69) is 15.9 Å². The summed E-state index contributed by atoms with van der Waals surface area (Å²) >= 11 is 3.52. The Morgan fingerprint density at radius 2 is 1.84 bits per heavy atom. The van der Waals surface area contributed by atoms with Gasteiger partial charge in [-0.15, -0.1) is 0 Å². The van der Waals surface area contributed by atoms with Gasteiger partial charge in [-0.25, -0.2) is 0 Å². The van der Waals surface area contributed by atoms with Crippen LogP contribution >= 0.6 is 15.9 Å². The Balaban J connectivity index is 2.49. The lowest BCUT2D eigenvalue weighted by Crippen LogP contribution is -2.24. The van der Waals surface area contributed by atoms with Gasteiger partial charge in [-0.1, -0.05) is 15.9 Å². The van der Waals surface area contributed by atoms with E-state index >= 15 is 0 Å². The summed E-state index contributed by atoms with van der Waals surface area (Å²) in [6, 6.07) is 3.97. The van der Waals surface area contributed by atoms with Crippen molar-refractivity contribution in [2.45, 2.75) is 40.5 Å². The SMILES string of the molecule is Cc1cc(OCCCC(C)(C)C(=O)O)cc(C)c1Br. The van der Waals surface area contributed by atoms with Crippen LogP contribution in [0.15, 0.2) is 16.6 Å². The summed E-state index contributed by atoms with van der Waals surface area (Å²) in [5, 5.41) is 9.01. The molecule has 0 aliphatic rings. The molecule has 19 heavy (non-hydrogen) atoms. The van der Waals surface area contributed by atoms with Crippen LogP contribution < -0.4 is 4.74 Å². The minimum atomic E-state index is -0.761. The van der Waals surface area contributed by atoms with Crippen LogP contribution in [0.2, 0.25) is 0 Å². The van der Waals surface area contributed by atoms with Gasteiger partial charge in [0.1, 0.15) is 5.75 Å². The molecule has 0 spiro atoms. The number of rotatable bonds is 6. The predicted molar refractivity (Wildman–Crippen MR) is 79.8 cm³/mol. The summed E-state index contributed by atoms with van der Waals surface area (Å²) in [5.74, 6) is 0.0779. The van der Waals surface area contributed by atoms with Gasteiger partial charge in [0.2, 0.25) is 0 Å². The second kappa shape index (κ2) is 6.42. The fraction of sp³-hybridized carbons (Fsp3) is 0.533. The maximum atomic E-state index is 11.0. The van der Waals surface area contributed by atoms with Crippen molar-refractivity contribution in [3.05, 3.63) is 27.7 Å². The van der Waals surface area contributed by atoms with E-state index in [1.165, 1.54) is 0 Å². The third kappa shape index (κ3) is 4.53. The van der Waals surface area contributed by atoms with Gasteiger partial charge in [-0.2, -0.15) is 0 Å². The number of hydrogen-bond acceptors (Lipinski definition) is 2. The molecule has 0 amide bonds.